The number of rotatable bonds is 7. The third-order valence-corrected chi connectivity index (χ3v) is 7.15. The van der Waals surface area contributed by atoms with Crippen LogP contribution in [0.4, 0.5) is 0 Å². The molecule has 4 aromatic heterocycles. The first kappa shape index (κ1) is 21.9. The monoisotopic (exact) mass is 463 g/mol. The maximum atomic E-state index is 13.3. The topological polar surface area (TPSA) is 76.2 Å². The minimum absolute atomic E-state index is 0.0838. The zero-order valence-electron chi connectivity index (χ0n) is 19.0. The average molecular weight is 464 g/mol. The lowest BCUT2D eigenvalue weighted by atomic mass is 9.96. The van der Waals surface area contributed by atoms with Crippen LogP contribution in [0.3, 0.4) is 0 Å². The van der Waals surface area contributed by atoms with Crippen molar-refractivity contribution in [3.8, 4) is 11.5 Å². The molecule has 0 saturated carbocycles. The van der Waals surface area contributed by atoms with E-state index in [1.807, 2.05) is 34.2 Å². The Morgan fingerprint density at radius 1 is 1.27 bits per heavy atom. The van der Waals surface area contributed by atoms with E-state index in [2.05, 4.69) is 46.7 Å². The second-order valence-corrected chi connectivity index (χ2v) is 9.99. The number of furan rings is 1. The van der Waals surface area contributed by atoms with E-state index in [-0.39, 0.29) is 11.9 Å². The summed E-state index contributed by atoms with van der Waals surface area (Å²) < 4.78 is 7.40. The van der Waals surface area contributed by atoms with Crippen LogP contribution in [0, 0.1) is 5.92 Å². The largest absolute Gasteiger partial charge is 0.463 e. The van der Waals surface area contributed by atoms with Gasteiger partial charge < -0.3 is 9.73 Å². The number of hydrogen-bond acceptors (Lipinski definition) is 6. The van der Waals surface area contributed by atoms with E-state index in [4.69, 9.17) is 9.40 Å². The van der Waals surface area contributed by atoms with Crippen LogP contribution in [-0.4, -0.2) is 45.2 Å². The maximum Gasteiger partial charge on any atom is 0.252 e. The molecular weight excluding hydrogens is 434 g/mol. The van der Waals surface area contributed by atoms with Gasteiger partial charge in [0, 0.05) is 24.0 Å². The first-order chi connectivity index (χ1) is 16.1. The summed E-state index contributed by atoms with van der Waals surface area (Å²) in [5.41, 5.74) is 1.93. The van der Waals surface area contributed by atoms with E-state index in [0.717, 1.165) is 37.9 Å². The molecule has 33 heavy (non-hydrogen) atoms. The number of pyridine rings is 1. The Morgan fingerprint density at radius 2 is 2.12 bits per heavy atom. The molecule has 1 N–H and O–H groups in total. The van der Waals surface area contributed by atoms with Gasteiger partial charge in [-0.1, -0.05) is 6.07 Å². The van der Waals surface area contributed by atoms with Crippen LogP contribution in [-0.2, 0) is 6.54 Å². The third kappa shape index (κ3) is 4.72. The SMILES string of the molecule is CC(C)n1ncc2c(C(=O)NCC3CCN(Cc4cccs4)CC3)cc(-c3ccco3)nc21. The molecule has 0 aliphatic carbocycles. The lowest BCUT2D eigenvalue weighted by Crippen LogP contribution is -2.38. The van der Waals surface area contributed by atoms with Crippen LogP contribution in [0.25, 0.3) is 22.5 Å². The van der Waals surface area contributed by atoms with Crippen molar-refractivity contribution < 1.29 is 9.21 Å². The van der Waals surface area contributed by atoms with Gasteiger partial charge >= 0.3 is 0 Å². The Kier molecular flexibility index (Phi) is 6.28. The van der Waals surface area contributed by atoms with Gasteiger partial charge in [-0.25, -0.2) is 9.67 Å². The lowest BCUT2D eigenvalue weighted by Gasteiger charge is -2.31. The smallest absolute Gasteiger partial charge is 0.252 e. The first-order valence-electron chi connectivity index (χ1n) is 11.5. The molecule has 0 atom stereocenters. The van der Waals surface area contributed by atoms with Gasteiger partial charge in [0.1, 0.15) is 5.69 Å². The molecule has 1 aliphatic rings. The van der Waals surface area contributed by atoms with Crippen molar-refractivity contribution in [2.75, 3.05) is 19.6 Å². The second-order valence-electron chi connectivity index (χ2n) is 8.96. The van der Waals surface area contributed by atoms with E-state index in [1.165, 1.54) is 4.88 Å². The quantitative estimate of drug-likeness (QED) is 0.419. The van der Waals surface area contributed by atoms with Crippen LogP contribution < -0.4 is 5.32 Å². The number of carbonyl (C=O) groups excluding carboxylic acids is 1. The third-order valence-electron chi connectivity index (χ3n) is 6.29. The number of hydrogen-bond donors (Lipinski definition) is 1. The Hall–Kier alpha value is -2.97. The van der Waals surface area contributed by atoms with Gasteiger partial charge in [-0.15, -0.1) is 11.3 Å². The van der Waals surface area contributed by atoms with Crippen molar-refractivity contribution in [1.29, 1.82) is 0 Å². The van der Waals surface area contributed by atoms with Gasteiger partial charge in [-0.05, 0) is 75.3 Å². The molecule has 1 aliphatic heterocycles. The van der Waals surface area contributed by atoms with Crippen LogP contribution in [0.5, 0.6) is 0 Å². The highest BCUT2D eigenvalue weighted by atomic mass is 32.1. The van der Waals surface area contributed by atoms with E-state index in [9.17, 15) is 4.79 Å². The zero-order valence-corrected chi connectivity index (χ0v) is 19.8. The minimum Gasteiger partial charge on any atom is -0.463 e. The average Bonchev–Trinajstić information content (AvgIpc) is 3.59. The lowest BCUT2D eigenvalue weighted by molar-refractivity contribution is 0.0937. The number of carbonyl (C=O) groups is 1. The standard InChI is InChI=1S/C25H29N5O2S/c1-17(2)30-24-21(15-27-30)20(13-22(28-24)23-6-3-11-32-23)25(31)26-14-18-7-9-29(10-8-18)16-19-5-4-12-33-19/h3-6,11-13,15,17-18H,7-10,14,16H2,1-2H3,(H,26,31). The number of nitrogens with one attached hydrogen (secondary N) is 1. The molecule has 7 nitrogen and oxygen atoms in total. The molecule has 5 rings (SSSR count). The number of amides is 1. The molecule has 1 saturated heterocycles. The highest BCUT2D eigenvalue weighted by molar-refractivity contribution is 7.09. The van der Waals surface area contributed by atoms with E-state index in [1.54, 1.807) is 12.5 Å². The van der Waals surface area contributed by atoms with Crippen molar-refractivity contribution in [3.63, 3.8) is 0 Å². The van der Waals surface area contributed by atoms with E-state index in [0.29, 0.717) is 35.1 Å². The summed E-state index contributed by atoms with van der Waals surface area (Å²) in [7, 11) is 0. The predicted octanol–water partition coefficient (Wildman–Crippen LogP) is 4.98. The highest BCUT2D eigenvalue weighted by Crippen LogP contribution is 2.27. The Morgan fingerprint density at radius 3 is 2.82 bits per heavy atom. The summed E-state index contributed by atoms with van der Waals surface area (Å²) in [5.74, 6) is 1.05. The summed E-state index contributed by atoms with van der Waals surface area (Å²) in [6.07, 6.45) is 5.55. The van der Waals surface area contributed by atoms with Gasteiger partial charge in [0.25, 0.3) is 5.91 Å². The maximum absolute atomic E-state index is 13.3. The fraction of sp³-hybridized carbons (Fsp3) is 0.400. The number of likely N-dealkylation sites (tertiary alicyclic amines) is 1. The molecule has 0 unspecified atom stereocenters. The number of thiophene rings is 1. The van der Waals surface area contributed by atoms with Gasteiger partial charge in [0.2, 0.25) is 0 Å². The van der Waals surface area contributed by atoms with Crippen LogP contribution in [0.1, 0.15) is 48.0 Å². The Bertz CT molecular complexity index is 1210. The molecule has 5 heterocycles. The fourth-order valence-corrected chi connectivity index (χ4v) is 5.18. The second kappa shape index (κ2) is 9.49. The van der Waals surface area contributed by atoms with Crippen molar-refractivity contribution in [2.45, 2.75) is 39.3 Å². The molecule has 0 radical (unpaired) electrons. The van der Waals surface area contributed by atoms with Crippen molar-refractivity contribution in [2.24, 2.45) is 5.92 Å². The van der Waals surface area contributed by atoms with Crippen LogP contribution in [0.15, 0.2) is 52.6 Å². The molecule has 172 valence electrons. The Labute approximate surface area is 197 Å². The number of piperidine rings is 1. The van der Waals surface area contributed by atoms with E-state index >= 15 is 0 Å². The van der Waals surface area contributed by atoms with E-state index < -0.39 is 0 Å². The molecule has 4 aromatic rings. The van der Waals surface area contributed by atoms with Crippen molar-refractivity contribution >= 4 is 28.3 Å². The van der Waals surface area contributed by atoms with Crippen molar-refractivity contribution in [3.05, 3.63) is 58.6 Å². The van der Waals surface area contributed by atoms with Gasteiger partial charge in [0.05, 0.1) is 23.4 Å². The first-order valence-corrected chi connectivity index (χ1v) is 12.4. The van der Waals surface area contributed by atoms with Gasteiger partial charge in [-0.3, -0.25) is 9.69 Å². The molecule has 0 aromatic carbocycles. The normalized spacial score (nSPS) is 15.5. The zero-order chi connectivity index (χ0) is 22.8. The summed E-state index contributed by atoms with van der Waals surface area (Å²) in [5, 5.41) is 10.6. The minimum atomic E-state index is -0.0838. The van der Waals surface area contributed by atoms with Gasteiger partial charge in [0.15, 0.2) is 11.4 Å². The number of aromatic nitrogens is 3. The van der Waals surface area contributed by atoms with Crippen LogP contribution >= 0.6 is 11.3 Å². The Balaban J connectivity index is 1.28. The predicted molar refractivity (Wildman–Crippen MR) is 130 cm³/mol. The summed E-state index contributed by atoms with van der Waals surface area (Å²) in [6, 6.07) is 9.94. The molecule has 1 fully saturated rings. The summed E-state index contributed by atoms with van der Waals surface area (Å²) >= 11 is 1.82. The fourth-order valence-electron chi connectivity index (χ4n) is 4.44. The molecular formula is C25H29N5O2S. The molecule has 0 bridgehead atoms. The van der Waals surface area contributed by atoms with Crippen LogP contribution in [0.2, 0.25) is 0 Å². The molecule has 8 heteroatoms. The summed E-state index contributed by atoms with van der Waals surface area (Å²) in [4.78, 5) is 21.9. The summed E-state index contributed by atoms with van der Waals surface area (Å²) in [6.45, 7) is 7.96. The molecule has 0 spiro atoms. The van der Waals surface area contributed by atoms with Crippen molar-refractivity contribution in [1.82, 2.24) is 25.0 Å². The van der Waals surface area contributed by atoms with Gasteiger partial charge in [-0.2, -0.15) is 5.10 Å². The number of fused-ring (bicyclic) bond motifs is 1. The molecule has 1 amide bonds. The number of nitrogens with zero attached hydrogens (tertiary/aromatic N) is 4. The highest BCUT2D eigenvalue weighted by Gasteiger charge is 2.23.